The molecule has 1 rings (SSSR count). The first kappa shape index (κ1) is 17.5. The van der Waals surface area contributed by atoms with Crippen molar-refractivity contribution in [1.82, 2.24) is 4.98 Å². The Morgan fingerprint density at radius 1 is 1.47 bits per heavy atom. The highest BCUT2D eigenvalue weighted by atomic mass is 79.9. The Bertz CT molecular complexity index is 483. The minimum absolute atomic E-state index is 0. The van der Waals surface area contributed by atoms with E-state index >= 15 is 0 Å². The second-order valence-corrected chi connectivity index (χ2v) is 5.45. The minimum atomic E-state index is -0.621. The topological polar surface area (TPSA) is 82.3 Å². The second-order valence-electron chi connectivity index (χ2n) is 4.64. The molecule has 0 spiro atoms. The standard InChI is InChI=1S/C11H13BrN2O4.CH4/c1-11(2,3)18-9(15)6-7-4-5-8(12)13-10(7)14(16)17;/h4-5H,6H2,1-3H3;1H4. The molecule has 19 heavy (non-hydrogen) atoms. The Hall–Kier alpha value is -1.50. The summed E-state index contributed by atoms with van der Waals surface area (Å²) in [5.74, 6) is -0.857. The van der Waals surface area contributed by atoms with Crippen molar-refractivity contribution in [3.63, 3.8) is 0 Å². The van der Waals surface area contributed by atoms with Crippen LogP contribution in [0.4, 0.5) is 5.82 Å². The molecule has 1 aromatic heterocycles. The summed E-state index contributed by atoms with van der Waals surface area (Å²) in [6.45, 7) is 5.21. The van der Waals surface area contributed by atoms with Gasteiger partial charge < -0.3 is 14.9 Å². The number of carbonyl (C=O) groups is 1. The number of aromatic nitrogens is 1. The molecule has 0 aromatic carbocycles. The number of hydrogen-bond acceptors (Lipinski definition) is 5. The molecule has 0 aliphatic carbocycles. The molecule has 0 aliphatic heterocycles. The average Bonchev–Trinajstić information content (AvgIpc) is 2.17. The number of hydrogen-bond donors (Lipinski definition) is 0. The third-order valence-corrected chi connectivity index (χ3v) is 2.29. The largest absolute Gasteiger partial charge is 0.460 e. The van der Waals surface area contributed by atoms with E-state index in [0.717, 1.165) is 0 Å². The fourth-order valence-corrected chi connectivity index (χ4v) is 1.58. The van der Waals surface area contributed by atoms with E-state index in [0.29, 0.717) is 4.60 Å². The van der Waals surface area contributed by atoms with Gasteiger partial charge in [-0.1, -0.05) is 7.43 Å². The van der Waals surface area contributed by atoms with Crippen LogP contribution in [0.1, 0.15) is 33.8 Å². The minimum Gasteiger partial charge on any atom is -0.460 e. The van der Waals surface area contributed by atoms with Crippen LogP contribution < -0.4 is 0 Å². The molecule has 7 heteroatoms. The summed E-state index contributed by atoms with van der Waals surface area (Å²) in [4.78, 5) is 25.5. The molecule has 0 bridgehead atoms. The molecule has 0 unspecified atom stereocenters. The lowest BCUT2D eigenvalue weighted by molar-refractivity contribution is -0.390. The van der Waals surface area contributed by atoms with E-state index in [1.165, 1.54) is 6.07 Å². The Labute approximate surface area is 120 Å². The number of ether oxygens (including phenoxy) is 1. The fourth-order valence-electron chi connectivity index (χ4n) is 1.28. The van der Waals surface area contributed by atoms with Crippen LogP contribution >= 0.6 is 15.9 Å². The van der Waals surface area contributed by atoms with Crippen molar-refractivity contribution in [3.05, 3.63) is 32.4 Å². The quantitative estimate of drug-likeness (QED) is 0.367. The number of halogens is 1. The van der Waals surface area contributed by atoms with E-state index < -0.39 is 16.5 Å². The molecule has 0 amide bonds. The summed E-state index contributed by atoms with van der Waals surface area (Å²) < 4.78 is 5.45. The molecule has 0 saturated carbocycles. The summed E-state index contributed by atoms with van der Waals surface area (Å²) >= 11 is 3.05. The van der Waals surface area contributed by atoms with Crippen molar-refractivity contribution in [2.45, 2.75) is 40.2 Å². The monoisotopic (exact) mass is 332 g/mol. The molecule has 6 nitrogen and oxygen atoms in total. The van der Waals surface area contributed by atoms with Gasteiger partial charge in [0, 0.05) is 15.9 Å². The van der Waals surface area contributed by atoms with Gasteiger partial charge in [0.1, 0.15) is 5.60 Å². The summed E-state index contributed by atoms with van der Waals surface area (Å²) in [5.41, 5.74) is -0.383. The maximum atomic E-state index is 11.6. The molecular formula is C12H17BrN2O4. The number of rotatable bonds is 3. The van der Waals surface area contributed by atoms with E-state index in [2.05, 4.69) is 20.9 Å². The van der Waals surface area contributed by atoms with Gasteiger partial charge in [-0.05, 0) is 42.8 Å². The molecule has 0 radical (unpaired) electrons. The van der Waals surface area contributed by atoms with E-state index in [1.54, 1.807) is 26.8 Å². The van der Waals surface area contributed by atoms with Crippen molar-refractivity contribution < 1.29 is 14.5 Å². The van der Waals surface area contributed by atoms with Gasteiger partial charge in [0.2, 0.25) is 4.60 Å². The first-order valence-electron chi connectivity index (χ1n) is 5.21. The Balaban J connectivity index is 0.00000324. The number of pyridine rings is 1. The highest BCUT2D eigenvalue weighted by Crippen LogP contribution is 2.20. The first-order chi connectivity index (χ1) is 8.19. The number of esters is 1. The molecule has 106 valence electrons. The molecule has 0 aliphatic rings. The van der Waals surface area contributed by atoms with Crippen LogP contribution in [0.5, 0.6) is 0 Å². The zero-order chi connectivity index (χ0) is 13.9. The van der Waals surface area contributed by atoms with Crippen LogP contribution in [0.15, 0.2) is 16.7 Å². The van der Waals surface area contributed by atoms with E-state index in [4.69, 9.17) is 4.74 Å². The van der Waals surface area contributed by atoms with Crippen molar-refractivity contribution in [1.29, 1.82) is 0 Å². The number of carbonyl (C=O) groups excluding carboxylic acids is 1. The van der Waals surface area contributed by atoms with Crippen LogP contribution in [0.3, 0.4) is 0 Å². The SMILES string of the molecule is C.CC(C)(C)OC(=O)Cc1ccc(Br)nc1[N+](=O)[O-]. The molecule has 1 heterocycles. The summed E-state index contributed by atoms with van der Waals surface area (Å²) in [5, 5.41) is 10.8. The summed E-state index contributed by atoms with van der Waals surface area (Å²) in [6, 6.07) is 3.03. The van der Waals surface area contributed by atoms with Crippen LogP contribution in [0.2, 0.25) is 0 Å². The third kappa shape index (κ3) is 5.78. The van der Waals surface area contributed by atoms with Crippen LogP contribution in [0, 0.1) is 10.1 Å². The summed E-state index contributed by atoms with van der Waals surface area (Å²) in [7, 11) is 0. The van der Waals surface area contributed by atoms with Crippen LogP contribution in [-0.2, 0) is 16.0 Å². The number of nitro groups is 1. The van der Waals surface area contributed by atoms with Gasteiger partial charge in [-0.2, -0.15) is 0 Å². The highest BCUT2D eigenvalue weighted by Gasteiger charge is 2.22. The lowest BCUT2D eigenvalue weighted by Crippen LogP contribution is -2.25. The second kappa shape index (κ2) is 6.60. The van der Waals surface area contributed by atoms with Gasteiger partial charge in [0.25, 0.3) is 0 Å². The van der Waals surface area contributed by atoms with E-state index in [-0.39, 0.29) is 25.2 Å². The maximum Gasteiger partial charge on any atom is 0.368 e. The molecule has 0 saturated heterocycles. The Morgan fingerprint density at radius 3 is 2.53 bits per heavy atom. The lowest BCUT2D eigenvalue weighted by atomic mass is 10.1. The molecule has 0 N–H and O–H groups in total. The van der Waals surface area contributed by atoms with Crippen LogP contribution in [-0.4, -0.2) is 21.5 Å². The van der Waals surface area contributed by atoms with E-state index in [9.17, 15) is 14.9 Å². The van der Waals surface area contributed by atoms with Crippen molar-refractivity contribution in [2.24, 2.45) is 0 Å². The van der Waals surface area contributed by atoms with Gasteiger partial charge in [0.15, 0.2) is 0 Å². The molecular weight excluding hydrogens is 316 g/mol. The fraction of sp³-hybridized carbons (Fsp3) is 0.500. The maximum absolute atomic E-state index is 11.6. The number of nitrogens with zero attached hydrogens (tertiary/aromatic N) is 2. The van der Waals surface area contributed by atoms with Crippen molar-refractivity contribution in [2.75, 3.05) is 0 Å². The third-order valence-electron chi connectivity index (χ3n) is 1.85. The van der Waals surface area contributed by atoms with Gasteiger partial charge in [-0.3, -0.25) is 4.79 Å². The predicted molar refractivity (Wildman–Crippen MR) is 74.9 cm³/mol. The lowest BCUT2D eigenvalue weighted by Gasteiger charge is -2.19. The zero-order valence-corrected chi connectivity index (χ0v) is 11.9. The van der Waals surface area contributed by atoms with E-state index in [1.807, 2.05) is 0 Å². The van der Waals surface area contributed by atoms with Crippen molar-refractivity contribution in [3.8, 4) is 0 Å². The molecule has 0 atom stereocenters. The smallest absolute Gasteiger partial charge is 0.368 e. The summed E-state index contributed by atoms with van der Waals surface area (Å²) in [6.07, 6.45) is -0.173. The van der Waals surface area contributed by atoms with Gasteiger partial charge in [0.05, 0.1) is 12.0 Å². The average molecular weight is 333 g/mol. The normalized spacial score (nSPS) is 10.5. The zero-order valence-electron chi connectivity index (χ0n) is 10.3. The molecule has 1 aromatic rings. The molecule has 0 fully saturated rings. The Kier molecular flexibility index (Phi) is 6.08. The van der Waals surface area contributed by atoms with Gasteiger partial charge >= 0.3 is 11.8 Å². The van der Waals surface area contributed by atoms with Gasteiger partial charge in [-0.25, -0.2) is 0 Å². The van der Waals surface area contributed by atoms with Gasteiger partial charge in [-0.15, -0.1) is 0 Å². The van der Waals surface area contributed by atoms with Crippen LogP contribution in [0.25, 0.3) is 0 Å². The predicted octanol–water partition coefficient (Wildman–Crippen LogP) is 3.27. The van der Waals surface area contributed by atoms with Crippen molar-refractivity contribution >= 4 is 27.7 Å². The Morgan fingerprint density at radius 2 is 2.05 bits per heavy atom. The first-order valence-corrected chi connectivity index (χ1v) is 6.00. The highest BCUT2D eigenvalue weighted by molar-refractivity contribution is 9.10.